The number of hydrogen-bond acceptors (Lipinski definition) is 5. The Morgan fingerprint density at radius 1 is 1.44 bits per heavy atom. The summed E-state index contributed by atoms with van der Waals surface area (Å²) in [6, 6.07) is 1.31. The van der Waals surface area contributed by atoms with Gasteiger partial charge in [-0.15, -0.1) is 0 Å². The number of morpholine rings is 1. The highest BCUT2D eigenvalue weighted by Crippen LogP contribution is 2.19. The summed E-state index contributed by atoms with van der Waals surface area (Å²) in [5.74, 6) is 0.890. The molecule has 1 aromatic rings. The maximum atomic E-state index is 5.55. The molecule has 2 N–H and O–H groups in total. The largest absolute Gasteiger partial charge is 0.379 e. The van der Waals surface area contributed by atoms with Crippen molar-refractivity contribution in [1.29, 1.82) is 0 Å². The smallest absolute Gasteiger partial charge is 0.191 e. The Hall–Kier alpha value is -1.80. The molecule has 8 nitrogen and oxygen atoms in total. The number of nitrogens with zero attached hydrogens (tertiary/aromatic N) is 5. The van der Waals surface area contributed by atoms with Crippen LogP contribution in [-0.4, -0.2) is 85.2 Å². The number of aliphatic imine (C=N–C) groups is 1. The SMILES string of the molecule is CN=C(NCC(C)N1CCOCC1C)NC1CCCN(c2cnn(C)c2)C1. The van der Waals surface area contributed by atoms with Crippen LogP contribution in [0.5, 0.6) is 0 Å². The fourth-order valence-corrected chi connectivity index (χ4v) is 4.05. The first-order chi connectivity index (χ1) is 13.1. The van der Waals surface area contributed by atoms with Gasteiger partial charge in [-0.3, -0.25) is 14.6 Å². The lowest BCUT2D eigenvalue weighted by Crippen LogP contribution is -2.55. The van der Waals surface area contributed by atoms with Crippen LogP contribution in [-0.2, 0) is 11.8 Å². The molecule has 3 atom stereocenters. The van der Waals surface area contributed by atoms with Gasteiger partial charge in [-0.1, -0.05) is 0 Å². The molecule has 8 heteroatoms. The van der Waals surface area contributed by atoms with Crippen molar-refractivity contribution >= 4 is 11.6 Å². The lowest BCUT2D eigenvalue weighted by molar-refractivity contribution is -0.0174. The topological polar surface area (TPSA) is 70.0 Å². The molecule has 0 aromatic carbocycles. The molecule has 2 saturated heterocycles. The van der Waals surface area contributed by atoms with Gasteiger partial charge >= 0.3 is 0 Å². The first kappa shape index (κ1) is 19.9. The molecule has 2 aliphatic heterocycles. The highest BCUT2D eigenvalue weighted by Gasteiger charge is 2.25. The maximum Gasteiger partial charge on any atom is 0.191 e. The van der Waals surface area contributed by atoms with Crippen molar-refractivity contribution in [2.75, 3.05) is 51.3 Å². The first-order valence-corrected chi connectivity index (χ1v) is 10.1. The van der Waals surface area contributed by atoms with Crippen LogP contribution in [0.2, 0.25) is 0 Å². The Morgan fingerprint density at radius 3 is 3.00 bits per heavy atom. The Kier molecular flexibility index (Phi) is 6.95. The number of aromatic nitrogens is 2. The summed E-state index contributed by atoms with van der Waals surface area (Å²) in [5, 5.41) is 11.4. The zero-order chi connectivity index (χ0) is 19.2. The summed E-state index contributed by atoms with van der Waals surface area (Å²) in [6.45, 7) is 10.1. The van der Waals surface area contributed by atoms with Crippen LogP contribution < -0.4 is 15.5 Å². The molecular weight excluding hydrogens is 342 g/mol. The van der Waals surface area contributed by atoms with E-state index in [4.69, 9.17) is 4.74 Å². The van der Waals surface area contributed by atoms with Crippen LogP contribution in [0.15, 0.2) is 17.4 Å². The zero-order valence-electron chi connectivity index (χ0n) is 17.2. The summed E-state index contributed by atoms with van der Waals surface area (Å²) in [4.78, 5) is 9.35. The van der Waals surface area contributed by atoms with Crippen molar-refractivity contribution in [3.05, 3.63) is 12.4 Å². The third-order valence-corrected chi connectivity index (χ3v) is 5.59. The van der Waals surface area contributed by atoms with E-state index in [0.29, 0.717) is 18.1 Å². The summed E-state index contributed by atoms with van der Waals surface area (Å²) >= 11 is 0. The van der Waals surface area contributed by atoms with E-state index in [1.54, 1.807) is 0 Å². The number of ether oxygens (including phenoxy) is 1. The molecule has 0 aliphatic carbocycles. The van der Waals surface area contributed by atoms with E-state index < -0.39 is 0 Å². The third-order valence-electron chi connectivity index (χ3n) is 5.59. The summed E-state index contributed by atoms with van der Waals surface area (Å²) in [5.41, 5.74) is 1.20. The van der Waals surface area contributed by atoms with Gasteiger partial charge in [-0.25, -0.2) is 0 Å². The standard InChI is InChI=1S/C19H35N7O/c1-15(26-8-9-27-14-16(26)2)10-21-19(20-3)23-17-6-5-7-25(12-17)18-11-22-24(4)13-18/h11,13,15-17H,5-10,12,14H2,1-4H3,(H2,20,21,23). The van der Waals surface area contributed by atoms with Gasteiger partial charge in [0.1, 0.15) is 0 Å². The summed E-state index contributed by atoms with van der Waals surface area (Å²) in [7, 11) is 3.81. The van der Waals surface area contributed by atoms with E-state index >= 15 is 0 Å². The van der Waals surface area contributed by atoms with E-state index in [1.807, 2.05) is 25.0 Å². The molecule has 3 unspecified atom stereocenters. The van der Waals surface area contributed by atoms with Gasteiger partial charge in [0.05, 0.1) is 25.1 Å². The number of rotatable bonds is 5. The average Bonchev–Trinajstić information content (AvgIpc) is 3.12. The Balaban J connectivity index is 1.48. The molecule has 0 radical (unpaired) electrons. The van der Waals surface area contributed by atoms with Crippen molar-refractivity contribution in [3.63, 3.8) is 0 Å². The molecule has 3 heterocycles. The van der Waals surface area contributed by atoms with Gasteiger partial charge in [-0.05, 0) is 26.7 Å². The lowest BCUT2D eigenvalue weighted by Gasteiger charge is -2.38. The van der Waals surface area contributed by atoms with Gasteiger partial charge in [0, 0.05) is 64.6 Å². The Bertz CT molecular complexity index is 617. The fourth-order valence-electron chi connectivity index (χ4n) is 4.05. The van der Waals surface area contributed by atoms with Crippen LogP contribution in [0.25, 0.3) is 0 Å². The van der Waals surface area contributed by atoms with Gasteiger partial charge in [0.15, 0.2) is 5.96 Å². The fraction of sp³-hybridized carbons (Fsp3) is 0.789. The molecule has 2 fully saturated rings. The molecular formula is C19H35N7O. The normalized spacial score (nSPS) is 26.1. The molecule has 27 heavy (non-hydrogen) atoms. The minimum absolute atomic E-state index is 0.391. The van der Waals surface area contributed by atoms with Crippen LogP contribution in [0.4, 0.5) is 5.69 Å². The van der Waals surface area contributed by atoms with Crippen molar-refractivity contribution < 1.29 is 4.74 Å². The van der Waals surface area contributed by atoms with E-state index in [1.165, 1.54) is 12.1 Å². The third kappa shape index (κ3) is 5.35. The Morgan fingerprint density at radius 2 is 2.30 bits per heavy atom. The first-order valence-electron chi connectivity index (χ1n) is 10.1. The van der Waals surface area contributed by atoms with Crippen molar-refractivity contribution in [3.8, 4) is 0 Å². The highest BCUT2D eigenvalue weighted by atomic mass is 16.5. The van der Waals surface area contributed by atoms with Crippen molar-refractivity contribution in [1.82, 2.24) is 25.3 Å². The van der Waals surface area contributed by atoms with Crippen molar-refractivity contribution in [2.24, 2.45) is 12.0 Å². The second-order valence-electron chi connectivity index (χ2n) is 7.77. The summed E-state index contributed by atoms with van der Waals surface area (Å²) < 4.78 is 7.41. The second-order valence-corrected chi connectivity index (χ2v) is 7.77. The number of anilines is 1. The highest BCUT2D eigenvalue weighted by molar-refractivity contribution is 5.80. The quantitative estimate of drug-likeness (QED) is 0.580. The molecule has 0 spiro atoms. The molecule has 0 saturated carbocycles. The second kappa shape index (κ2) is 9.41. The molecule has 2 aliphatic rings. The van der Waals surface area contributed by atoms with Gasteiger partial charge < -0.3 is 20.3 Å². The molecule has 1 aromatic heterocycles. The van der Waals surface area contributed by atoms with Gasteiger partial charge in [0.2, 0.25) is 0 Å². The van der Waals surface area contributed by atoms with Gasteiger partial charge in [0.25, 0.3) is 0 Å². The number of piperidine rings is 1. The molecule has 3 rings (SSSR count). The van der Waals surface area contributed by atoms with E-state index in [2.05, 4.69) is 50.6 Å². The molecule has 0 amide bonds. The maximum absolute atomic E-state index is 5.55. The molecule has 0 bridgehead atoms. The van der Waals surface area contributed by atoms with Crippen LogP contribution >= 0.6 is 0 Å². The number of guanidine groups is 1. The van der Waals surface area contributed by atoms with Crippen LogP contribution in [0, 0.1) is 0 Å². The van der Waals surface area contributed by atoms with E-state index in [9.17, 15) is 0 Å². The lowest BCUT2D eigenvalue weighted by atomic mass is 10.1. The van der Waals surface area contributed by atoms with Crippen molar-refractivity contribution in [2.45, 2.75) is 44.8 Å². The minimum Gasteiger partial charge on any atom is -0.379 e. The number of aryl methyl sites for hydroxylation is 1. The minimum atomic E-state index is 0.391. The zero-order valence-corrected chi connectivity index (χ0v) is 17.2. The Labute approximate surface area is 162 Å². The number of hydrogen-bond donors (Lipinski definition) is 2. The average molecular weight is 378 g/mol. The van der Waals surface area contributed by atoms with Gasteiger partial charge in [-0.2, -0.15) is 5.10 Å². The molecule has 152 valence electrons. The van der Waals surface area contributed by atoms with E-state index in [-0.39, 0.29) is 0 Å². The van der Waals surface area contributed by atoms with Crippen LogP contribution in [0.1, 0.15) is 26.7 Å². The van der Waals surface area contributed by atoms with Crippen LogP contribution in [0.3, 0.4) is 0 Å². The monoisotopic (exact) mass is 377 g/mol. The predicted octanol–water partition coefficient (Wildman–Crippen LogP) is 0.663. The summed E-state index contributed by atoms with van der Waals surface area (Å²) in [6.07, 6.45) is 6.36. The predicted molar refractivity (Wildman–Crippen MR) is 109 cm³/mol. The number of nitrogens with one attached hydrogen (secondary N) is 2. The van der Waals surface area contributed by atoms with E-state index in [0.717, 1.165) is 51.8 Å².